The minimum absolute atomic E-state index is 0.327. The van der Waals surface area contributed by atoms with Crippen molar-refractivity contribution in [3.05, 3.63) is 22.4 Å². The fourth-order valence-electron chi connectivity index (χ4n) is 0.933. The van der Waals surface area contributed by atoms with Gasteiger partial charge in [-0.05, 0) is 17.9 Å². The molecule has 0 spiro atoms. The average Bonchev–Trinajstić information content (AvgIpc) is 2.68. The molecular weight excluding hydrogens is 198 g/mol. The van der Waals surface area contributed by atoms with Crippen LogP contribution >= 0.6 is 11.3 Å². The summed E-state index contributed by atoms with van der Waals surface area (Å²) in [6.45, 7) is 3.13. The van der Waals surface area contributed by atoms with Crippen LogP contribution in [0.25, 0.3) is 0 Å². The Bertz CT molecular complexity index is 259. The summed E-state index contributed by atoms with van der Waals surface area (Å²) >= 11 is 1.62. The molecule has 14 heavy (non-hydrogen) atoms. The van der Waals surface area contributed by atoms with Crippen LogP contribution < -0.4 is 5.32 Å². The second-order valence-corrected chi connectivity index (χ2v) is 3.95. The predicted molar refractivity (Wildman–Crippen MR) is 57.4 cm³/mol. The molecule has 0 unspecified atom stereocenters. The molecule has 0 aromatic carbocycles. The van der Waals surface area contributed by atoms with Gasteiger partial charge in [-0.2, -0.15) is 0 Å². The van der Waals surface area contributed by atoms with Gasteiger partial charge in [0.2, 0.25) is 0 Å². The van der Waals surface area contributed by atoms with Crippen molar-refractivity contribution in [3.63, 3.8) is 0 Å². The van der Waals surface area contributed by atoms with Crippen LogP contribution in [-0.4, -0.2) is 12.7 Å². The second-order valence-electron chi connectivity index (χ2n) is 2.92. The first-order valence-electron chi connectivity index (χ1n) is 4.76. The van der Waals surface area contributed by atoms with E-state index in [1.807, 2.05) is 17.5 Å². The molecule has 3 nitrogen and oxygen atoms in total. The largest absolute Gasteiger partial charge is 0.450 e. The van der Waals surface area contributed by atoms with E-state index >= 15 is 0 Å². The number of unbranched alkanes of at least 4 members (excludes halogenated alkanes) is 1. The van der Waals surface area contributed by atoms with E-state index in [0.717, 1.165) is 17.7 Å². The molecule has 0 atom stereocenters. The highest BCUT2D eigenvalue weighted by molar-refractivity contribution is 7.09. The molecule has 1 N–H and O–H groups in total. The van der Waals surface area contributed by atoms with Gasteiger partial charge < -0.3 is 10.1 Å². The Hall–Kier alpha value is -1.03. The first kappa shape index (κ1) is 11.0. The van der Waals surface area contributed by atoms with Crippen molar-refractivity contribution in [1.29, 1.82) is 0 Å². The Morgan fingerprint density at radius 1 is 1.64 bits per heavy atom. The zero-order valence-corrected chi connectivity index (χ0v) is 9.10. The van der Waals surface area contributed by atoms with E-state index in [4.69, 9.17) is 4.74 Å². The van der Waals surface area contributed by atoms with Gasteiger partial charge in [0.25, 0.3) is 0 Å². The number of carbonyl (C=O) groups is 1. The van der Waals surface area contributed by atoms with Crippen LogP contribution in [0.3, 0.4) is 0 Å². The average molecular weight is 213 g/mol. The number of hydrogen-bond acceptors (Lipinski definition) is 3. The fraction of sp³-hybridized carbons (Fsp3) is 0.500. The van der Waals surface area contributed by atoms with Crippen molar-refractivity contribution in [2.24, 2.45) is 0 Å². The summed E-state index contributed by atoms with van der Waals surface area (Å²) in [7, 11) is 0. The van der Waals surface area contributed by atoms with Crippen LogP contribution in [0, 0.1) is 0 Å². The van der Waals surface area contributed by atoms with E-state index in [1.54, 1.807) is 11.3 Å². The van der Waals surface area contributed by atoms with E-state index in [9.17, 15) is 4.79 Å². The molecule has 0 radical (unpaired) electrons. The van der Waals surface area contributed by atoms with E-state index < -0.39 is 0 Å². The highest BCUT2D eigenvalue weighted by atomic mass is 32.1. The fourth-order valence-corrected chi connectivity index (χ4v) is 1.58. The number of amides is 1. The van der Waals surface area contributed by atoms with Gasteiger partial charge in [0.05, 0.1) is 13.2 Å². The number of carbonyl (C=O) groups excluding carboxylic acids is 1. The quantitative estimate of drug-likeness (QED) is 0.764. The third-order valence-corrected chi connectivity index (χ3v) is 2.59. The third-order valence-electron chi connectivity index (χ3n) is 1.72. The van der Waals surface area contributed by atoms with Gasteiger partial charge in [0.1, 0.15) is 0 Å². The lowest BCUT2D eigenvalue weighted by Gasteiger charge is -2.04. The topological polar surface area (TPSA) is 38.3 Å². The smallest absolute Gasteiger partial charge is 0.407 e. The molecule has 0 fully saturated rings. The molecule has 1 aromatic rings. The molecule has 0 aliphatic carbocycles. The number of ether oxygens (including phenoxy) is 1. The number of alkyl carbamates (subject to hydrolysis) is 1. The van der Waals surface area contributed by atoms with Crippen molar-refractivity contribution in [2.45, 2.75) is 26.3 Å². The van der Waals surface area contributed by atoms with E-state index in [-0.39, 0.29) is 6.09 Å². The molecule has 0 bridgehead atoms. The zero-order valence-electron chi connectivity index (χ0n) is 8.29. The summed E-state index contributed by atoms with van der Waals surface area (Å²) in [4.78, 5) is 12.2. The second kappa shape index (κ2) is 6.43. The van der Waals surface area contributed by atoms with Crippen LogP contribution in [0.1, 0.15) is 24.6 Å². The summed E-state index contributed by atoms with van der Waals surface area (Å²) in [6.07, 6.45) is 1.64. The molecule has 0 saturated heterocycles. The summed E-state index contributed by atoms with van der Waals surface area (Å²) in [5.41, 5.74) is 0. The Morgan fingerprint density at radius 2 is 2.50 bits per heavy atom. The monoisotopic (exact) mass is 213 g/mol. The van der Waals surface area contributed by atoms with Gasteiger partial charge in [-0.3, -0.25) is 0 Å². The molecule has 0 aliphatic rings. The van der Waals surface area contributed by atoms with Crippen LogP contribution in [0.15, 0.2) is 17.5 Å². The zero-order chi connectivity index (χ0) is 10.2. The molecule has 1 heterocycles. The first-order valence-corrected chi connectivity index (χ1v) is 5.64. The molecular formula is C10H15NO2S. The number of hydrogen-bond donors (Lipinski definition) is 1. The maximum absolute atomic E-state index is 11.1. The molecule has 4 heteroatoms. The minimum atomic E-state index is -0.327. The SMILES string of the molecule is CCCCOC(=O)NCc1cccs1. The van der Waals surface area contributed by atoms with Crippen LogP contribution in [-0.2, 0) is 11.3 Å². The molecule has 1 aromatic heterocycles. The molecule has 1 amide bonds. The Morgan fingerprint density at radius 3 is 3.14 bits per heavy atom. The Kier molecular flexibility index (Phi) is 5.07. The third kappa shape index (κ3) is 4.28. The lowest BCUT2D eigenvalue weighted by atomic mass is 10.4. The van der Waals surface area contributed by atoms with Crippen molar-refractivity contribution < 1.29 is 9.53 Å². The highest BCUT2D eigenvalue weighted by Crippen LogP contribution is 2.07. The molecule has 1 rings (SSSR count). The van der Waals surface area contributed by atoms with E-state index in [0.29, 0.717) is 13.2 Å². The number of thiophene rings is 1. The lowest BCUT2D eigenvalue weighted by molar-refractivity contribution is 0.144. The van der Waals surface area contributed by atoms with Gasteiger partial charge in [0.15, 0.2) is 0 Å². The van der Waals surface area contributed by atoms with E-state index in [1.165, 1.54) is 0 Å². The van der Waals surface area contributed by atoms with Crippen LogP contribution in [0.4, 0.5) is 4.79 Å². The van der Waals surface area contributed by atoms with Gasteiger partial charge in [0, 0.05) is 4.88 Å². The van der Waals surface area contributed by atoms with Crippen molar-refractivity contribution >= 4 is 17.4 Å². The maximum Gasteiger partial charge on any atom is 0.407 e. The van der Waals surface area contributed by atoms with Crippen LogP contribution in [0.2, 0.25) is 0 Å². The summed E-state index contributed by atoms with van der Waals surface area (Å²) < 4.78 is 4.94. The van der Waals surface area contributed by atoms with Gasteiger partial charge in [-0.25, -0.2) is 4.79 Å². The first-order chi connectivity index (χ1) is 6.83. The van der Waals surface area contributed by atoms with Gasteiger partial charge in [-0.1, -0.05) is 19.4 Å². The van der Waals surface area contributed by atoms with E-state index in [2.05, 4.69) is 12.2 Å². The summed E-state index contributed by atoms with van der Waals surface area (Å²) in [6, 6.07) is 3.95. The summed E-state index contributed by atoms with van der Waals surface area (Å²) in [5.74, 6) is 0. The highest BCUT2D eigenvalue weighted by Gasteiger charge is 2.01. The molecule has 0 saturated carbocycles. The Labute approximate surface area is 88.1 Å². The van der Waals surface area contributed by atoms with Crippen molar-refractivity contribution in [3.8, 4) is 0 Å². The normalized spacial score (nSPS) is 9.79. The molecule has 0 aliphatic heterocycles. The minimum Gasteiger partial charge on any atom is -0.450 e. The predicted octanol–water partition coefficient (Wildman–Crippen LogP) is 2.77. The van der Waals surface area contributed by atoms with Gasteiger partial charge in [-0.15, -0.1) is 11.3 Å². The van der Waals surface area contributed by atoms with Crippen molar-refractivity contribution in [2.75, 3.05) is 6.61 Å². The molecule has 78 valence electrons. The maximum atomic E-state index is 11.1. The lowest BCUT2D eigenvalue weighted by Crippen LogP contribution is -2.23. The van der Waals surface area contributed by atoms with Gasteiger partial charge >= 0.3 is 6.09 Å². The standard InChI is InChI=1S/C10H15NO2S/c1-2-3-6-13-10(12)11-8-9-5-4-7-14-9/h4-5,7H,2-3,6,8H2,1H3,(H,11,12). The summed E-state index contributed by atoms with van der Waals surface area (Å²) in [5, 5.41) is 4.68. The van der Waals surface area contributed by atoms with Crippen molar-refractivity contribution in [1.82, 2.24) is 5.32 Å². The Balaban J connectivity index is 2.09. The van der Waals surface area contributed by atoms with Crippen LogP contribution in [0.5, 0.6) is 0 Å². The number of rotatable bonds is 5. The number of nitrogens with one attached hydrogen (secondary N) is 1.